The topological polar surface area (TPSA) is 65.2 Å². The van der Waals surface area contributed by atoms with Gasteiger partial charge in [0, 0.05) is 0 Å². The van der Waals surface area contributed by atoms with Gasteiger partial charge in [-0.2, -0.15) is 5.11 Å². The lowest BCUT2D eigenvalue weighted by atomic mass is 10.3. The van der Waals surface area contributed by atoms with Crippen molar-refractivity contribution in [3.8, 4) is 5.75 Å². The molecule has 0 spiro atoms. The van der Waals surface area contributed by atoms with Gasteiger partial charge in [0.2, 0.25) is 0 Å². The van der Waals surface area contributed by atoms with Crippen molar-refractivity contribution in [2.45, 2.75) is 40.8 Å². The number of aliphatic hydroxyl groups is 1. The van der Waals surface area contributed by atoms with Crippen molar-refractivity contribution in [3.63, 3.8) is 0 Å². The highest BCUT2D eigenvalue weighted by Gasteiger charge is 1.96. The molecule has 1 aromatic rings. The number of para-hydroxylation sites is 1. The Morgan fingerprint density at radius 2 is 1.56 bits per heavy atom. The summed E-state index contributed by atoms with van der Waals surface area (Å²) in [6.45, 7) is 9.49. The largest absolute Gasteiger partial charge is 0.506 e. The van der Waals surface area contributed by atoms with Gasteiger partial charge in [0.1, 0.15) is 11.4 Å². The predicted molar refractivity (Wildman–Crippen MR) is 67.0 cm³/mol. The van der Waals surface area contributed by atoms with E-state index in [2.05, 4.69) is 10.2 Å². The number of hydrogen-bond donors (Lipinski definition) is 2. The summed E-state index contributed by atoms with van der Waals surface area (Å²) in [5.74, 6) is 0.0573. The van der Waals surface area contributed by atoms with Crippen LogP contribution in [-0.4, -0.2) is 16.4 Å². The second-order valence-corrected chi connectivity index (χ2v) is 2.34. The van der Waals surface area contributed by atoms with Crippen LogP contribution >= 0.6 is 0 Å². The van der Waals surface area contributed by atoms with Crippen LogP contribution in [0.3, 0.4) is 0 Å². The summed E-state index contributed by atoms with van der Waals surface area (Å²) in [6.07, 6.45) is -0.843. The van der Waals surface area contributed by atoms with Crippen LogP contribution in [0.4, 0.5) is 5.69 Å². The van der Waals surface area contributed by atoms with E-state index < -0.39 is 6.23 Å². The SMILES string of the molecule is CC.CC.CC(O)N=Nc1ccccc1O. The Morgan fingerprint density at radius 3 is 2.00 bits per heavy atom. The first kappa shape index (κ1) is 17.0. The van der Waals surface area contributed by atoms with Crippen molar-refractivity contribution in [2.75, 3.05) is 0 Å². The van der Waals surface area contributed by atoms with Gasteiger partial charge in [-0.15, -0.1) is 5.11 Å². The van der Waals surface area contributed by atoms with Crippen molar-refractivity contribution in [3.05, 3.63) is 24.3 Å². The second kappa shape index (κ2) is 11.7. The number of rotatable bonds is 2. The third kappa shape index (κ3) is 7.94. The van der Waals surface area contributed by atoms with Gasteiger partial charge in [0.15, 0.2) is 6.23 Å². The van der Waals surface area contributed by atoms with Crippen LogP contribution in [0, 0.1) is 0 Å². The molecule has 0 fully saturated rings. The maximum atomic E-state index is 9.19. The molecule has 1 unspecified atom stereocenters. The molecule has 0 radical (unpaired) electrons. The normalized spacial score (nSPS) is 10.9. The number of phenolic OH excluding ortho intramolecular Hbond substituents is 1. The van der Waals surface area contributed by atoms with E-state index in [1.54, 1.807) is 18.2 Å². The molecule has 1 atom stereocenters. The first-order chi connectivity index (χ1) is 7.70. The predicted octanol–water partition coefficient (Wildman–Crippen LogP) is 3.87. The summed E-state index contributed by atoms with van der Waals surface area (Å²) in [5, 5.41) is 25.1. The van der Waals surface area contributed by atoms with Gasteiger partial charge in [-0.3, -0.25) is 0 Å². The lowest BCUT2D eigenvalue weighted by molar-refractivity contribution is 0.197. The zero-order valence-electron chi connectivity index (χ0n) is 10.7. The van der Waals surface area contributed by atoms with Gasteiger partial charge < -0.3 is 10.2 Å². The Bertz CT molecular complexity index is 286. The van der Waals surface area contributed by atoms with Gasteiger partial charge in [-0.1, -0.05) is 39.8 Å². The van der Waals surface area contributed by atoms with Crippen LogP contribution < -0.4 is 0 Å². The van der Waals surface area contributed by atoms with E-state index in [4.69, 9.17) is 5.11 Å². The minimum Gasteiger partial charge on any atom is -0.506 e. The van der Waals surface area contributed by atoms with Crippen LogP contribution in [-0.2, 0) is 0 Å². The summed E-state index contributed by atoms with van der Waals surface area (Å²) in [4.78, 5) is 0. The van der Waals surface area contributed by atoms with Crippen LogP contribution in [0.25, 0.3) is 0 Å². The first-order valence-electron chi connectivity index (χ1n) is 5.57. The molecular weight excluding hydrogens is 204 g/mol. The minimum atomic E-state index is -0.843. The number of hydrogen-bond acceptors (Lipinski definition) is 4. The number of aromatic hydroxyl groups is 1. The maximum absolute atomic E-state index is 9.19. The lowest BCUT2D eigenvalue weighted by Gasteiger charge is -1.96. The Labute approximate surface area is 97.7 Å². The van der Waals surface area contributed by atoms with Crippen LogP contribution in [0.1, 0.15) is 34.6 Å². The number of benzene rings is 1. The quantitative estimate of drug-likeness (QED) is 0.752. The van der Waals surface area contributed by atoms with E-state index >= 15 is 0 Å². The summed E-state index contributed by atoms with van der Waals surface area (Å²) >= 11 is 0. The summed E-state index contributed by atoms with van der Waals surface area (Å²) in [7, 11) is 0. The summed E-state index contributed by atoms with van der Waals surface area (Å²) < 4.78 is 0. The average molecular weight is 226 g/mol. The Balaban J connectivity index is 0. The summed E-state index contributed by atoms with van der Waals surface area (Å²) in [6, 6.07) is 6.55. The average Bonchev–Trinajstić information content (AvgIpc) is 2.33. The lowest BCUT2D eigenvalue weighted by Crippen LogP contribution is -1.90. The molecule has 0 aliphatic heterocycles. The fourth-order valence-corrected chi connectivity index (χ4v) is 0.694. The molecule has 92 valence electrons. The van der Waals surface area contributed by atoms with E-state index in [0.717, 1.165) is 0 Å². The van der Waals surface area contributed by atoms with E-state index in [-0.39, 0.29) is 5.75 Å². The second-order valence-electron chi connectivity index (χ2n) is 2.34. The molecule has 4 heteroatoms. The zero-order chi connectivity index (χ0) is 13.0. The fourth-order valence-electron chi connectivity index (χ4n) is 0.694. The zero-order valence-corrected chi connectivity index (χ0v) is 10.7. The maximum Gasteiger partial charge on any atom is 0.163 e. The number of phenols is 1. The highest BCUT2D eigenvalue weighted by molar-refractivity contribution is 5.49. The monoisotopic (exact) mass is 226 g/mol. The smallest absolute Gasteiger partial charge is 0.163 e. The van der Waals surface area contributed by atoms with Gasteiger partial charge in [0.25, 0.3) is 0 Å². The van der Waals surface area contributed by atoms with Gasteiger partial charge in [0.05, 0.1) is 0 Å². The number of aliphatic hydroxyl groups excluding tert-OH is 1. The molecule has 4 nitrogen and oxygen atoms in total. The first-order valence-corrected chi connectivity index (χ1v) is 5.57. The van der Waals surface area contributed by atoms with Gasteiger partial charge in [-0.05, 0) is 19.1 Å². The van der Waals surface area contributed by atoms with Gasteiger partial charge in [-0.25, -0.2) is 0 Å². The molecule has 0 amide bonds. The fraction of sp³-hybridized carbons (Fsp3) is 0.500. The molecule has 0 saturated heterocycles. The van der Waals surface area contributed by atoms with Crippen molar-refractivity contribution < 1.29 is 10.2 Å². The molecule has 0 heterocycles. The van der Waals surface area contributed by atoms with E-state index in [0.29, 0.717) is 5.69 Å². The third-order valence-electron chi connectivity index (χ3n) is 1.21. The Kier molecular flexibility index (Phi) is 12.4. The number of azo groups is 1. The highest BCUT2D eigenvalue weighted by Crippen LogP contribution is 2.25. The van der Waals surface area contributed by atoms with Crippen molar-refractivity contribution in [2.24, 2.45) is 10.2 Å². The van der Waals surface area contributed by atoms with Crippen LogP contribution in [0.15, 0.2) is 34.5 Å². The van der Waals surface area contributed by atoms with E-state index in [1.807, 2.05) is 27.7 Å². The molecule has 2 N–H and O–H groups in total. The Hall–Kier alpha value is -1.42. The van der Waals surface area contributed by atoms with Crippen molar-refractivity contribution in [1.82, 2.24) is 0 Å². The van der Waals surface area contributed by atoms with Gasteiger partial charge >= 0.3 is 0 Å². The van der Waals surface area contributed by atoms with Crippen molar-refractivity contribution >= 4 is 5.69 Å². The highest BCUT2D eigenvalue weighted by atomic mass is 16.3. The summed E-state index contributed by atoms with van der Waals surface area (Å²) in [5.41, 5.74) is 0.360. The van der Waals surface area contributed by atoms with E-state index in [1.165, 1.54) is 13.0 Å². The van der Waals surface area contributed by atoms with Crippen LogP contribution in [0.2, 0.25) is 0 Å². The molecule has 16 heavy (non-hydrogen) atoms. The third-order valence-corrected chi connectivity index (χ3v) is 1.21. The molecule has 0 aliphatic carbocycles. The molecular formula is C12H22N2O2. The molecule has 1 aromatic carbocycles. The number of nitrogens with zero attached hydrogens (tertiary/aromatic N) is 2. The standard InChI is InChI=1S/C8H10N2O2.2C2H6/c1-6(11)9-10-7-4-2-3-5-8(7)12;2*1-2/h2-6,11-12H,1H3;2*1-2H3. The van der Waals surface area contributed by atoms with Crippen LogP contribution in [0.5, 0.6) is 5.75 Å². The van der Waals surface area contributed by atoms with Crippen molar-refractivity contribution in [1.29, 1.82) is 0 Å². The molecule has 0 aromatic heterocycles. The molecule has 1 rings (SSSR count). The minimum absolute atomic E-state index is 0.0573. The molecule has 0 saturated carbocycles. The van der Waals surface area contributed by atoms with E-state index in [9.17, 15) is 5.11 Å². The Morgan fingerprint density at radius 1 is 1.06 bits per heavy atom. The molecule has 0 aliphatic rings. The molecule has 0 bridgehead atoms.